The molecule has 3 nitrogen and oxygen atoms in total. The number of ether oxygens (including phenoxy) is 3. The van der Waals surface area contributed by atoms with E-state index in [4.69, 9.17) is 14.2 Å². The summed E-state index contributed by atoms with van der Waals surface area (Å²) in [6.45, 7) is 3.21. The van der Waals surface area contributed by atoms with Crippen LogP contribution in [0.25, 0.3) is 11.1 Å². The summed E-state index contributed by atoms with van der Waals surface area (Å²) < 4.78 is 18.2. The summed E-state index contributed by atoms with van der Waals surface area (Å²) in [6.07, 6.45) is 2.08. The van der Waals surface area contributed by atoms with Crippen molar-refractivity contribution in [1.82, 2.24) is 0 Å². The minimum Gasteiger partial charge on any atom is -0.368 e. The van der Waals surface area contributed by atoms with Crippen LogP contribution < -0.4 is 0 Å². The van der Waals surface area contributed by atoms with Gasteiger partial charge in [0, 0.05) is 23.2 Å². The van der Waals surface area contributed by atoms with E-state index in [1.54, 1.807) is 18.9 Å². The quantitative estimate of drug-likeness (QED) is 0.757. The molecule has 1 aliphatic carbocycles. The second kappa shape index (κ2) is 6.29. The standard InChI is InChI=1S/C21H22O3S/c1-20(22-2)18(16-9-11-17(25-3)12-10-16)19(15-7-5-4-6-8-15)21(20)23-13-14-24-21/h4-12H,13-14H2,1-3H3. The SMILES string of the molecule is COC1(C)C(c2ccc(SC)cc2)=C(c2ccccc2)C12OCCO2. The van der Waals surface area contributed by atoms with Gasteiger partial charge in [-0.05, 0) is 36.4 Å². The Hall–Kier alpha value is -1.59. The largest absolute Gasteiger partial charge is 0.368 e. The number of thioether (sulfide) groups is 1. The topological polar surface area (TPSA) is 27.7 Å². The van der Waals surface area contributed by atoms with Crippen molar-refractivity contribution < 1.29 is 14.2 Å². The lowest BCUT2D eigenvalue weighted by molar-refractivity contribution is -0.223. The van der Waals surface area contributed by atoms with Crippen LogP contribution in [0.2, 0.25) is 0 Å². The van der Waals surface area contributed by atoms with Crippen molar-refractivity contribution in [2.24, 2.45) is 0 Å². The Labute approximate surface area is 153 Å². The van der Waals surface area contributed by atoms with Crippen molar-refractivity contribution in [2.75, 3.05) is 26.6 Å². The predicted octanol–water partition coefficient (Wildman–Crippen LogP) is 4.48. The van der Waals surface area contributed by atoms with Gasteiger partial charge in [0.05, 0.1) is 13.2 Å². The van der Waals surface area contributed by atoms with Gasteiger partial charge in [0.15, 0.2) is 0 Å². The fourth-order valence-electron chi connectivity index (χ4n) is 3.93. The number of rotatable bonds is 4. The number of hydrogen-bond acceptors (Lipinski definition) is 4. The fraction of sp³-hybridized carbons (Fsp3) is 0.333. The maximum Gasteiger partial charge on any atom is 0.230 e. The predicted molar refractivity (Wildman–Crippen MR) is 102 cm³/mol. The number of methoxy groups -OCH3 is 1. The summed E-state index contributed by atoms with van der Waals surface area (Å²) in [6, 6.07) is 18.9. The van der Waals surface area contributed by atoms with Gasteiger partial charge < -0.3 is 14.2 Å². The van der Waals surface area contributed by atoms with E-state index in [1.807, 2.05) is 18.2 Å². The summed E-state index contributed by atoms with van der Waals surface area (Å²) in [5.41, 5.74) is 3.83. The average molecular weight is 354 g/mol. The third-order valence-electron chi connectivity index (χ3n) is 5.23. The maximum absolute atomic E-state index is 6.14. The van der Waals surface area contributed by atoms with E-state index in [-0.39, 0.29) is 0 Å². The molecule has 2 aliphatic rings. The zero-order valence-electron chi connectivity index (χ0n) is 14.7. The van der Waals surface area contributed by atoms with E-state index in [2.05, 4.69) is 49.6 Å². The minimum atomic E-state index is -0.837. The van der Waals surface area contributed by atoms with Gasteiger partial charge in [0.25, 0.3) is 0 Å². The molecule has 130 valence electrons. The highest BCUT2D eigenvalue weighted by molar-refractivity contribution is 7.98. The van der Waals surface area contributed by atoms with Crippen LogP contribution in [0.5, 0.6) is 0 Å². The number of hydrogen-bond donors (Lipinski definition) is 0. The van der Waals surface area contributed by atoms with Gasteiger partial charge in [-0.15, -0.1) is 11.8 Å². The molecule has 1 saturated heterocycles. The van der Waals surface area contributed by atoms with Gasteiger partial charge in [-0.2, -0.15) is 0 Å². The molecule has 0 N–H and O–H groups in total. The molecule has 0 amide bonds. The van der Waals surface area contributed by atoms with Gasteiger partial charge in [0.2, 0.25) is 5.79 Å². The van der Waals surface area contributed by atoms with E-state index in [0.717, 1.165) is 22.3 Å². The molecular formula is C21H22O3S. The van der Waals surface area contributed by atoms with Crippen molar-refractivity contribution in [3.8, 4) is 0 Å². The van der Waals surface area contributed by atoms with Crippen molar-refractivity contribution in [2.45, 2.75) is 23.2 Å². The minimum absolute atomic E-state index is 0.577. The molecule has 0 radical (unpaired) electrons. The fourth-order valence-corrected chi connectivity index (χ4v) is 4.34. The maximum atomic E-state index is 6.14. The molecule has 2 aromatic carbocycles. The Kier molecular flexibility index (Phi) is 4.24. The lowest BCUT2D eigenvalue weighted by Gasteiger charge is -2.55. The zero-order valence-corrected chi connectivity index (χ0v) is 15.6. The summed E-state index contributed by atoms with van der Waals surface area (Å²) in [5.74, 6) is -0.837. The van der Waals surface area contributed by atoms with Crippen LogP contribution in [0.1, 0.15) is 18.1 Å². The van der Waals surface area contributed by atoms with E-state index in [9.17, 15) is 0 Å². The Morgan fingerprint density at radius 3 is 2.04 bits per heavy atom. The molecule has 0 saturated carbocycles. The van der Waals surface area contributed by atoms with E-state index >= 15 is 0 Å². The normalized spacial score (nSPS) is 24.6. The molecule has 1 aliphatic heterocycles. The Morgan fingerprint density at radius 2 is 1.48 bits per heavy atom. The molecule has 1 unspecified atom stereocenters. The van der Waals surface area contributed by atoms with Gasteiger partial charge in [-0.3, -0.25) is 0 Å². The summed E-state index contributed by atoms with van der Waals surface area (Å²) in [7, 11) is 1.73. The van der Waals surface area contributed by atoms with Crippen molar-refractivity contribution >= 4 is 22.9 Å². The van der Waals surface area contributed by atoms with Gasteiger partial charge in [-0.1, -0.05) is 42.5 Å². The molecule has 1 atom stereocenters. The van der Waals surface area contributed by atoms with Crippen molar-refractivity contribution in [3.05, 3.63) is 65.7 Å². The van der Waals surface area contributed by atoms with Crippen LogP contribution in [0.4, 0.5) is 0 Å². The first kappa shape index (κ1) is 16.9. The molecule has 0 aromatic heterocycles. The average Bonchev–Trinajstić information content (AvgIpc) is 3.19. The lowest BCUT2D eigenvalue weighted by atomic mass is 9.63. The molecule has 1 spiro atoms. The molecule has 2 aromatic rings. The lowest BCUT2D eigenvalue weighted by Crippen LogP contribution is -2.63. The Morgan fingerprint density at radius 1 is 0.880 bits per heavy atom. The summed E-state index contributed by atoms with van der Waals surface area (Å²) in [5, 5.41) is 0. The highest BCUT2D eigenvalue weighted by atomic mass is 32.2. The molecule has 4 heteroatoms. The van der Waals surface area contributed by atoms with Crippen LogP contribution in [-0.4, -0.2) is 38.0 Å². The molecule has 0 bridgehead atoms. The molecular weight excluding hydrogens is 332 g/mol. The summed E-state index contributed by atoms with van der Waals surface area (Å²) in [4.78, 5) is 1.24. The third kappa shape index (κ3) is 2.32. The van der Waals surface area contributed by atoms with E-state index in [0.29, 0.717) is 13.2 Å². The molecule has 4 rings (SSSR count). The van der Waals surface area contributed by atoms with Crippen LogP contribution in [0.3, 0.4) is 0 Å². The second-order valence-corrected chi connectivity index (χ2v) is 7.28. The first-order valence-electron chi connectivity index (χ1n) is 8.44. The number of benzene rings is 2. The van der Waals surface area contributed by atoms with Gasteiger partial charge in [0.1, 0.15) is 5.60 Å². The van der Waals surface area contributed by atoms with Crippen LogP contribution in [-0.2, 0) is 14.2 Å². The van der Waals surface area contributed by atoms with Crippen molar-refractivity contribution in [3.63, 3.8) is 0 Å². The van der Waals surface area contributed by atoms with Crippen molar-refractivity contribution in [1.29, 1.82) is 0 Å². The Bertz CT molecular complexity index is 792. The molecule has 25 heavy (non-hydrogen) atoms. The first-order valence-corrected chi connectivity index (χ1v) is 9.67. The second-order valence-electron chi connectivity index (χ2n) is 6.40. The van der Waals surface area contributed by atoms with E-state index in [1.165, 1.54) is 4.90 Å². The first-order chi connectivity index (χ1) is 12.2. The molecule has 1 heterocycles. The smallest absolute Gasteiger partial charge is 0.230 e. The molecule has 1 fully saturated rings. The zero-order chi connectivity index (χ0) is 17.5. The monoisotopic (exact) mass is 354 g/mol. The van der Waals surface area contributed by atoms with E-state index < -0.39 is 11.4 Å². The van der Waals surface area contributed by atoms with Crippen LogP contribution in [0, 0.1) is 0 Å². The highest BCUT2D eigenvalue weighted by Gasteiger charge is 2.67. The van der Waals surface area contributed by atoms with Crippen LogP contribution in [0.15, 0.2) is 59.5 Å². The summed E-state index contributed by atoms with van der Waals surface area (Å²) >= 11 is 1.74. The highest BCUT2D eigenvalue weighted by Crippen LogP contribution is 2.62. The van der Waals surface area contributed by atoms with Gasteiger partial charge in [-0.25, -0.2) is 0 Å². The Balaban J connectivity index is 1.94. The third-order valence-corrected chi connectivity index (χ3v) is 5.97. The van der Waals surface area contributed by atoms with Crippen LogP contribution >= 0.6 is 11.8 Å². The van der Waals surface area contributed by atoms with Gasteiger partial charge >= 0.3 is 0 Å².